The van der Waals surface area contributed by atoms with Gasteiger partial charge in [-0.25, -0.2) is 0 Å². The molecule has 0 aromatic heterocycles. The van der Waals surface area contributed by atoms with Crippen molar-refractivity contribution in [2.75, 3.05) is 11.4 Å². The van der Waals surface area contributed by atoms with Gasteiger partial charge in [-0.15, -0.1) is 12.4 Å². The Balaban J connectivity index is 0.00000289. The van der Waals surface area contributed by atoms with Crippen LogP contribution >= 0.6 is 12.4 Å². The number of carboxylic acids is 1. The maximum Gasteiger partial charge on any atom is 0.305 e. The van der Waals surface area contributed by atoms with E-state index in [9.17, 15) is 9.59 Å². The number of anilines is 1. The van der Waals surface area contributed by atoms with Crippen LogP contribution in [0.3, 0.4) is 0 Å². The number of benzene rings is 3. The van der Waals surface area contributed by atoms with Crippen LogP contribution in [0.15, 0.2) is 72.8 Å². The summed E-state index contributed by atoms with van der Waals surface area (Å²) in [5.74, 6) is -0.718. The van der Waals surface area contributed by atoms with E-state index < -0.39 is 12.0 Å². The van der Waals surface area contributed by atoms with Crippen molar-refractivity contribution in [3.8, 4) is 16.9 Å². The van der Waals surface area contributed by atoms with Gasteiger partial charge < -0.3 is 20.5 Å². The fraction of sp³-hybridized carbons (Fsp3) is 0.200. The summed E-state index contributed by atoms with van der Waals surface area (Å²) in [7, 11) is 0. The number of nitrogens with two attached hydrogens (primary N) is 1. The molecule has 1 atom stereocenters. The number of carbonyl (C=O) groups excluding carboxylic acids is 1. The van der Waals surface area contributed by atoms with Crippen molar-refractivity contribution < 1.29 is 19.4 Å². The van der Waals surface area contributed by atoms with Crippen LogP contribution < -0.4 is 15.4 Å². The minimum atomic E-state index is -1.08. The van der Waals surface area contributed by atoms with Crippen molar-refractivity contribution >= 4 is 30.0 Å². The number of carboxylic acid groups (broad SMARTS) is 1. The van der Waals surface area contributed by atoms with Crippen molar-refractivity contribution in [1.82, 2.24) is 0 Å². The van der Waals surface area contributed by atoms with Crippen LogP contribution in [0.5, 0.6) is 5.75 Å². The summed E-state index contributed by atoms with van der Waals surface area (Å²) in [6.45, 7) is 0.936. The molecular weight excluding hydrogens is 428 g/mol. The number of rotatable bonds is 7. The predicted molar refractivity (Wildman–Crippen MR) is 126 cm³/mol. The molecular formula is C25H25ClN2O4. The Kier molecular flexibility index (Phi) is 7.51. The van der Waals surface area contributed by atoms with Gasteiger partial charge in [0, 0.05) is 12.2 Å². The third kappa shape index (κ3) is 5.28. The first-order chi connectivity index (χ1) is 15.0. The van der Waals surface area contributed by atoms with Gasteiger partial charge in [0.15, 0.2) is 0 Å². The second kappa shape index (κ2) is 10.3. The van der Waals surface area contributed by atoms with Crippen molar-refractivity contribution in [2.45, 2.75) is 25.5 Å². The minimum absolute atomic E-state index is 0. The second-order valence-electron chi connectivity index (χ2n) is 7.59. The zero-order valence-electron chi connectivity index (χ0n) is 17.4. The molecule has 32 heavy (non-hydrogen) atoms. The summed E-state index contributed by atoms with van der Waals surface area (Å²) in [6, 6.07) is 23.0. The van der Waals surface area contributed by atoms with Crippen molar-refractivity contribution in [3.05, 3.63) is 83.9 Å². The fourth-order valence-corrected chi connectivity index (χ4v) is 3.76. The number of nitrogens with zero attached hydrogens (tertiary/aromatic N) is 1. The molecule has 0 saturated carbocycles. The summed E-state index contributed by atoms with van der Waals surface area (Å²) in [5.41, 5.74) is 10.9. The van der Waals surface area contributed by atoms with Gasteiger partial charge in [-0.2, -0.15) is 0 Å². The van der Waals surface area contributed by atoms with Gasteiger partial charge in [-0.3, -0.25) is 9.59 Å². The average molecular weight is 453 g/mol. The predicted octanol–water partition coefficient (Wildman–Crippen LogP) is 4.05. The zero-order valence-corrected chi connectivity index (χ0v) is 18.3. The molecule has 0 aliphatic carbocycles. The summed E-state index contributed by atoms with van der Waals surface area (Å²) in [5, 5.41) is 8.87. The van der Waals surface area contributed by atoms with E-state index in [-0.39, 0.29) is 24.7 Å². The lowest BCUT2D eigenvalue weighted by atomic mass is 10.0. The third-order valence-corrected chi connectivity index (χ3v) is 5.39. The molecule has 7 heteroatoms. The lowest BCUT2D eigenvalue weighted by Gasteiger charge is -2.21. The highest BCUT2D eigenvalue weighted by atomic mass is 35.5. The molecule has 1 aliphatic heterocycles. The van der Waals surface area contributed by atoms with E-state index >= 15 is 0 Å². The van der Waals surface area contributed by atoms with Crippen LogP contribution in [-0.2, 0) is 22.6 Å². The third-order valence-electron chi connectivity index (χ3n) is 5.39. The lowest BCUT2D eigenvalue weighted by molar-refractivity contribution is -0.139. The number of halogens is 1. The van der Waals surface area contributed by atoms with Gasteiger partial charge in [-0.1, -0.05) is 54.6 Å². The zero-order chi connectivity index (χ0) is 21.8. The van der Waals surface area contributed by atoms with Crippen LogP contribution in [0, 0.1) is 0 Å². The molecule has 1 unspecified atom stereocenters. The monoisotopic (exact) mass is 452 g/mol. The molecule has 3 N–H and O–H groups in total. The lowest BCUT2D eigenvalue weighted by Crippen LogP contribution is -2.44. The van der Waals surface area contributed by atoms with Gasteiger partial charge in [-0.05, 0) is 46.9 Å². The smallest absolute Gasteiger partial charge is 0.305 e. The van der Waals surface area contributed by atoms with E-state index in [4.69, 9.17) is 15.6 Å². The van der Waals surface area contributed by atoms with Crippen LogP contribution in [0.4, 0.5) is 5.69 Å². The molecule has 1 amide bonds. The van der Waals surface area contributed by atoms with Gasteiger partial charge >= 0.3 is 5.97 Å². The normalized spacial score (nSPS) is 13.1. The molecule has 0 radical (unpaired) electrons. The summed E-state index contributed by atoms with van der Waals surface area (Å²) in [4.78, 5) is 24.9. The summed E-state index contributed by atoms with van der Waals surface area (Å²) >= 11 is 0. The molecule has 0 fully saturated rings. The molecule has 1 aliphatic rings. The number of fused-ring (bicyclic) bond motifs is 1. The van der Waals surface area contributed by atoms with Crippen molar-refractivity contribution in [2.24, 2.45) is 5.73 Å². The maximum atomic E-state index is 12.5. The number of ether oxygens (including phenoxy) is 1. The van der Waals surface area contributed by atoms with E-state index in [1.807, 2.05) is 36.4 Å². The number of carbonyl (C=O) groups is 2. The first-order valence-corrected chi connectivity index (χ1v) is 10.2. The molecule has 0 bridgehead atoms. The Labute approximate surface area is 193 Å². The fourth-order valence-electron chi connectivity index (χ4n) is 3.76. The van der Waals surface area contributed by atoms with Crippen LogP contribution in [0.25, 0.3) is 11.1 Å². The summed E-state index contributed by atoms with van der Waals surface area (Å²) < 4.78 is 5.95. The van der Waals surface area contributed by atoms with Gasteiger partial charge in [0.1, 0.15) is 12.4 Å². The standard InChI is InChI=1S/C25H24N2O4.ClH/c26-22(15-24(28)29)25(30)27-13-12-20-14-21(10-11-23(20)27)31-16-17-6-8-19(9-7-17)18-4-2-1-3-5-18;/h1-11,14,22H,12-13,15-16,26H2,(H,28,29);1H. The first kappa shape index (κ1) is 23.3. The Morgan fingerprint density at radius 1 is 1.00 bits per heavy atom. The molecule has 0 saturated heterocycles. The number of aliphatic carboxylic acids is 1. The topological polar surface area (TPSA) is 92.9 Å². The second-order valence-corrected chi connectivity index (χ2v) is 7.59. The number of hydrogen-bond acceptors (Lipinski definition) is 4. The van der Waals surface area contributed by atoms with Crippen molar-refractivity contribution in [3.63, 3.8) is 0 Å². The Morgan fingerprint density at radius 3 is 2.38 bits per heavy atom. The number of amides is 1. The Hall–Kier alpha value is -3.35. The molecule has 0 spiro atoms. The highest BCUT2D eigenvalue weighted by Crippen LogP contribution is 2.32. The Morgan fingerprint density at radius 2 is 1.69 bits per heavy atom. The SMILES string of the molecule is Cl.NC(CC(=O)O)C(=O)N1CCc2cc(OCc3ccc(-c4ccccc4)cc3)ccc21. The highest BCUT2D eigenvalue weighted by Gasteiger charge is 2.29. The first-order valence-electron chi connectivity index (χ1n) is 10.2. The van der Waals surface area contributed by atoms with E-state index in [2.05, 4.69) is 36.4 Å². The van der Waals surface area contributed by atoms with E-state index in [1.54, 1.807) is 4.90 Å². The van der Waals surface area contributed by atoms with Crippen LogP contribution in [0.2, 0.25) is 0 Å². The van der Waals surface area contributed by atoms with Crippen LogP contribution in [-0.4, -0.2) is 29.6 Å². The molecule has 166 valence electrons. The molecule has 1 heterocycles. The van der Waals surface area contributed by atoms with Gasteiger partial charge in [0.25, 0.3) is 0 Å². The van der Waals surface area contributed by atoms with Crippen molar-refractivity contribution in [1.29, 1.82) is 0 Å². The Bertz CT molecular complexity index is 1090. The van der Waals surface area contributed by atoms with Gasteiger partial charge in [0.05, 0.1) is 12.5 Å². The van der Waals surface area contributed by atoms with E-state index in [1.165, 1.54) is 5.56 Å². The van der Waals surface area contributed by atoms with Gasteiger partial charge in [0.2, 0.25) is 5.91 Å². The molecule has 3 aromatic carbocycles. The largest absolute Gasteiger partial charge is 0.489 e. The van der Waals surface area contributed by atoms with Crippen LogP contribution in [0.1, 0.15) is 17.5 Å². The van der Waals surface area contributed by atoms with E-state index in [0.717, 1.165) is 28.1 Å². The maximum absolute atomic E-state index is 12.5. The molecule has 3 aromatic rings. The van der Waals surface area contributed by atoms with E-state index in [0.29, 0.717) is 19.6 Å². The minimum Gasteiger partial charge on any atom is -0.489 e. The molecule has 4 rings (SSSR count). The quantitative estimate of drug-likeness (QED) is 0.564. The molecule has 6 nitrogen and oxygen atoms in total. The average Bonchev–Trinajstić information content (AvgIpc) is 3.21. The summed E-state index contributed by atoms with van der Waals surface area (Å²) in [6.07, 6.45) is 0.304. The number of hydrogen-bond donors (Lipinski definition) is 2. The highest BCUT2D eigenvalue weighted by molar-refractivity contribution is 6.00.